The third kappa shape index (κ3) is 1.95. The van der Waals surface area contributed by atoms with Crippen LogP contribution in [0.15, 0.2) is 10.5 Å². The van der Waals surface area contributed by atoms with E-state index in [1.54, 1.807) is 0 Å². The molecule has 0 fully saturated rings. The minimum absolute atomic E-state index is 0.265. The molecule has 1 N–H and O–H groups in total. The molecule has 2 aromatic rings. The fourth-order valence-electron chi connectivity index (χ4n) is 2.77. The van der Waals surface area contributed by atoms with Crippen molar-refractivity contribution < 1.29 is 4.42 Å². The standard InChI is InChI=1S/C16H23NO/c1-7-17-13(6)15-12(5)14-10(3)8-9(2)11(4)16(14)18-15/h8,13,17H,7H2,1-6H3. The van der Waals surface area contributed by atoms with Crippen molar-refractivity contribution in [1.82, 2.24) is 5.32 Å². The third-order valence-electron chi connectivity index (χ3n) is 3.85. The summed E-state index contributed by atoms with van der Waals surface area (Å²) in [5.74, 6) is 1.07. The highest BCUT2D eigenvalue weighted by Crippen LogP contribution is 2.34. The Kier molecular flexibility index (Phi) is 3.49. The molecule has 0 aliphatic carbocycles. The number of fused-ring (bicyclic) bond motifs is 1. The Morgan fingerprint density at radius 2 is 1.78 bits per heavy atom. The molecule has 1 heterocycles. The summed E-state index contributed by atoms with van der Waals surface area (Å²) in [7, 11) is 0. The van der Waals surface area contributed by atoms with Crippen molar-refractivity contribution in [3.63, 3.8) is 0 Å². The lowest BCUT2D eigenvalue weighted by Crippen LogP contribution is -2.17. The van der Waals surface area contributed by atoms with Gasteiger partial charge in [-0.05, 0) is 57.9 Å². The molecular formula is C16H23NO. The van der Waals surface area contributed by atoms with Crippen LogP contribution in [0.2, 0.25) is 0 Å². The second kappa shape index (κ2) is 4.77. The summed E-state index contributed by atoms with van der Waals surface area (Å²) in [4.78, 5) is 0. The largest absolute Gasteiger partial charge is 0.459 e. The van der Waals surface area contributed by atoms with Crippen molar-refractivity contribution in [3.05, 3.63) is 34.1 Å². The van der Waals surface area contributed by atoms with Gasteiger partial charge in [-0.3, -0.25) is 0 Å². The Morgan fingerprint density at radius 1 is 1.11 bits per heavy atom. The van der Waals surface area contributed by atoms with Gasteiger partial charge in [0.2, 0.25) is 0 Å². The molecule has 98 valence electrons. The first-order valence-electron chi connectivity index (χ1n) is 6.70. The molecule has 0 radical (unpaired) electrons. The zero-order valence-electron chi connectivity index (χ0n) is 12.3. The van der Waals surface area contributed by atoms with E-state index in [9.17, 15) is 0 Å². The van der Waals surface area contributed by atoms with E-state index in [1.165, 1.54) is 27.6 Å². The molecule has 0 spiro atoms. The monoisotopic (exact) mass is 245 g/mol. The molecule has 1 aromatic heterocycles. The Labute approximate surface area is 109 Å². The lowest BCUT2D eigenvalue weighted by molar-refractivity contribution is 0.455. The predicted molar refractivity (Wildman–Crippen MR) is 77.3 cm³/mol. The van der Waals surface area contributed by atoms with Crippen LogP contribution in [0.5, 0.6) is 0 Å². The van der Waals surface area contributed by atoms with Crippen molar-refractivity contribution in [2.75, 3.05) is 6.54 Å². The third-order valence-corrected chi connectivity index (χ3v) is 3.85. The second-order valence-electron chi connectivity index (χ2n) is 5.21. The highest BCUT2D eigenvalue weighted by Gasteiger charge is 2.19. The molecule has 0 amide bonds. The Morgan fingerprint density at radius 3 is 2.39 bits per heavy atom. The van der Waals surface area contributed by atoms with E-state index in [4.69, 9.17) is 4.42 Å². The van der Waals surface area contributed by atoms with Gasteiger partial charge in [-0.1, -0.05) is 13.0 Å². The zero-order chi connectivity index (χ0) is 13.4. The maximum absolute atomic E-state index is 6.14. The molecule has 1 aromatic carbocycles. The lowest BCUT2D eigenvalue weighted by atomic mass is 9.99. The van der Waals surface area contributed by atoms with Crippen LogP contribution in [0.4, 0.5) is 0 Å². The van der Waals surface area contributed by atoms with Crippen molar-refractivity contribution in [2.24, 2.45) is 0 Å². The number of nitrogens with one attached hydrogen (secondary N) is 1. The van der Waals surface area contributed by atoms with E-state index < -0.39 is 0 Å². The molecule has 0 aliphatic heterocycles. The fraction of sp³-hybridized carbons (Fsp3) is 0.500. The van der Waals surface area contributed by atoms with Crippen LogP contribution in [-0.4, -0.2) is 6.54 Å². The first-order valence-corrected chi connectivity index (χ1v) is 6.70. The van der Waals surface area contributed by atoms with Crippen LogP contribution in [0.1, 0.15) is 47.9 Å². The number of rotatable bonds is 3. The topological polar surface area (TPSA) is 25.2 Å². The van der Waals surface area contributed by atoms with Gasteiger partial charge in [0.25, 0.3) is 0 Å². The molecule has 2 rings (SSSR count). The molecule has 1 unspecified atom stereocenters. The minimum Gasteiger partial charge on any atom is -0.459 e. The van der Waals surface area contributed by atoms with Gasteiger partial charge in [-0.25, -0.2) is 0 Å². The maximum atomic E-state index is 6.14. The SMILES string of the molecule is CCNC(C)c1oc2c(C)c(C)cc(C)c2c1C. The number of aryl methyl sites for hydroxylation is 4. The highest BCUT2D eigenvalue weighted by molar-refractivity contribution is 5.88. The van der Waals surface area contributed by atoms with Gasteiger partial charge in [-0.15, -0.1) is 0 Å². The molecule has 2 heteroatoms. The summed E-state index contributed by atoms with van der Waals surface area (Å²) >= 11 is 0. The number of hydrogen-bond acceptors (Lipinski definition) is 2. The van der Waals surface area contributed by atoms with Gasteiger partial charge >= 0.3 is 0 Å². The van der Waals surface area contributed by atoms with Gasteiger partial charge in [0.05, 0.1) is 6.04 Å². The smallest absolute Gasteiger partial charge is 0.138 e. The van der Waals surface area contributed by atoms with Crippen molar-refractivity contribution in [3.8, 4) is 0 Å². The maximum Gasteiger partial charge on any atom is 0.138 e. The quantitative estimate of drug-likeness (QED) is 0.870. The molecule has 18 heavy (non-hydrogen) atoms. The number of furan rings is 1. The van der Waals surface area contributed by atoms with Gasteiger partial charge in [0.1, 0.15) is 11.3 Å². The van der Waals surface area contributed by atoms with Gasteiger partial charge in [0, 0.05) is 10.9 Å². The van der Waals surface area contributed by atoms with Gasteiger partial charge in [-0.2, -0.15) is 0 Å². The summed E-state index contributed by atoms with van der Waals surface area (Å²) < 4.78 is 6.14. The molecule has 0 bridgehead atoms. The van der Waals surface area contributed by atoms with Gasteiger partial charge < -0.3 is 9.73 Å². The molecule has 0 saturated carbocycles. The average Bonchev–Trinajstić information content (AvgIpc) is 2.65. The molecule has 0 saturated heterocycles. The number of benzene rings is 1. The first kappa shape index (κ1) is 13.2. The van der Waals surface area contributed by atoms with E-state index in [-0.39, 0.29) is 6.04 Å². The minimum atomic E-state index is 0.265. The van der Waals surface area contributed by atoms with Crippen LogP contribution in [0, 0.1) is 27.7 Å². The Bertz CT molecular complexity index is 581. The highest BCUT2D eigenvalue weighted by atomic mass is 16.3. The van der Waals surface area contributed by atoms with Crippen LogP contribution < -0.4 is 5.32 Å². The lowest BCUT2D eigenvalue weighted by Gasteiger charge is -2.09. The van der Waals surface area contributed by atoms with Gasteiger partial charge in [0.15, 0.2) is 0 Å². The summed E-state index contributed by atoms with van der Waals surface area (Å²) in [5, 5.41) is 4.71. The Balaban J connectivity index is 2.69. The van der Waals surface area contributed by atoms with E-state index in [0.717, 1.165) is 17.9 Å². The van der Waals surface area contributed by atoms with E-state index in [0.29, 0.717) is 0 Å². The summed E-state index contributed by atoms with van der Waals surface area (Å²) in [6.45, 7) is 13.8. The van der Waals surface area contributed by atoms with Crippen LogP contribution in [-0.2, 0) is 0 Å². The predicted octanol–water partition coefficient (Wildman–Crippen LogP) is 4.34. The van der Waals surface area contributed by atoms with Crippen LogP contribution in [0.25, 0.3) is 11.0 Å². The van der Waals surface area contributed by atoms with Crippen molar-refractivity contribution in [1.29, 1.82) is 0 Å². The molecule has 2 nitrogen and oxygen atoms in total. The zero-order valence-corrected chi connectivity index (χ0v) is 12.3. The summed E-state index contributed by atoms with van der Waals surface area (Å²) in [6, 6.07) is 2.52. The van der Waals surface area contributed by atoms with Crippen LogP contribution >= 0.6 is 0 Å². The second-order valence-corrected chi connectivity index (χ2v) is 5.21. The van der Waals surface area contributed by atoms with Crippen molar-refractivity contribution >= 4 is 11.0 Å². The molecular weight excluding hydrogens is 222 g/mol. The normalized spacial score (nSPS) is 13.2. The van der Waals surface area contributed by atoms with Crippen LogP contribution in [0.3, 0.4) is 0 Å². The Hall–Kier alpha value is -1.28. The van der Waals surface area contributed by atoms with Crippen molar-refractivity contribution in [2.45, 2.75) is 47.6 Å². The van der Waals surface area contributed by atoms with E-state index in [1.807, 2.05) is 0 Å². The van der Waals surface area contributed by atoms with E-state index >= 15 is 0 Å². The van der Waals surface area contributed by atoms with E-state index in [2.05, 4.69) is 52.9 Å². The fourth-order valence-corrected chi connectivity index (χ4v) is 2.77. The summed E-state index contributed by atoms with van der Waals surface area (Å²) in [6.07, 6.45) is 0. The first-order chi connectivity index (χ1) is 8.47. The molecule has 0 aliphatic rings. The number of hydrogen-bond donors (Lipinski definition) is 1. The summed E-state index contributed by atoms with van der Waals surface area (Å²) in [5.41, 5.74) is 6.21. The average molecular weight is 245 g/mol. The molecule has 1 atom stereocenters.